The zero-order valence-corrected chi connectivity index (χ0v) is 14.2. The minimum absolute atomic E-state index is 0.187. The first-order valence-corrected chi connectivity index (χ1v) is 7.73. The lowest BCUT2D eigenvalue weighted by Crippen LogP contribution is -2.08. The van der Waals surface area contributed by atoms with Gasteiger partial charge in [-0.15, -0.1) is 11.8 Å². The molecule has 1 aromatic carbocycles. The van der Waals surface area contributed by atoms with Gasteiger partial charge >= 0.3 is 0 Å². The van der Waals surface area contributed by atoms with Crippen molar-refractivity contribution in [2.24, 2.45) is 5.41 Å². The van der Waals surface area contributed by atoms with Crippen molar-refractivity contribution in [1.82, 2.24) is 0 Å². The van der Waals surface area contributed by atoms with Crippen LogP contribution in [0.5, 0.6) is 5.75 Å². The SMILES string of the molecule is COCOc1c(Cl)cc(SCC(C)(C)C)cc1Br. The van der Waals surface area contributed by atoms with Crippen molar-refractivity contribution < 1.29 is 9.47 Å². The van der Waals surface area contributed by atoms with E-state index in [0.29, 0.717) is 10.8 Å². The summed E-state index contributed by atoms with van der Waals surface area (Å²) in [6, 6.07) is 3.95. The molecule has 0 radical (unpaired) electrons. The Hall–Kier alpha value is 0.1000. The van der Waals surface area contributed by atoms with Gasteiger partial charge in [0.05, 0.1) is 9.50 Å². The molecule has 0 N–H and O–H groups in total. The summed E-state index contributed by atoms with van der Waals surface area (Å²) < 4.78 is 11.1. The molecule has 0 aliphatic carbocycles. The number of rotatable bonds is 5. The molecule has 102 valence electrons. The fraction of sp³-hybridized carbons (Fsp3) is 0.538. The smallest absolute Gasteiger partial charge is 0.188 e. The number of halogens is 2. The third-order valence-corrected chi connectivity index (χ3v) is 4.41. The van der Waals surface area contributed by atoms with Crippen LogP contribution in [-0.2, 0) is 4.74 Å². The van der Waals surface area contributed by atoms with E-state index in [-0.39, 0.29) is 12.2 Å². The van der Waals surface area contributed by atoms with Crippen molar-refractivity contribution in [3.05, 3.63) is 21.6 Å². The van der Waals surface area contributed by atoms with Gasteiger partial charge in [0.25, 0.3) is 0 Å². The number of thioether (sulfide) groups is 1. The second-order valence-corrected chi connectivity index (χ2v) is 7.43. The van der Waals surface area contributed by atoms with Crippen LogP contribution in [0.3, 0.4) is 0 Å². The molecule has 1 aromatic rings. The molecule has 2 nitrogen and oxygen atoms in total. The average Bonchev–Trinajstić information content (AvgIpc) is 2.24. The predicted molar refractivity (Wildman–Crippen MR) is 81.8 cm³/mol. The molecule has 5 heteroatoms. The van der Waals surface area contributed by atoms with Gasteiger partial charge in [-0.25, -0.2) is 0 Å². The van der Waals surface area contributed by atoms with Gasteiger partial charge in [0.2, 0.25) is 0 Å². The third-order valence-electron chi connectivity index (χ3n) is 1.96. The van der Waals surface area contributed by atoms with E-state index in [9.17, 15) is 0 Å². The molecule has 0 saturated heterocycles. The van der Waals surface area contributed by atoms with Crippen LogP contribution in [0.25, 0.3) is 0 Å². The summed E-state index contributed by atoms with van der Waals surface area (Å²) in [6.45, 7) is 6.83. The van der Waals surface area contributed by atoms with Gasteiger partial charge in [-0.1, -0.05) is 32.4 Å². The Labute approximate surface area is 127 Å². The van der Waals surface area contributed by atoms with Gasteiger partial charge in [-0.05, 0) is 33.5 Å². The number of benzene rings is 1. The maximum atomic E-state index is 6.20. The van der Waals surface area contributed by atoms with E-state index in [1.807, 2.05) is 12.1 Å². The van der Waals surface area contributed by atoms with Crippen LogP contribution in [-0.4, -0.2) is 19.7 Å². The zero-order chi connectivity index (χ0) is 13.8. The summed E-state index contributed by atoms with van der Waals surface area (Å²) in [5.74, 6) is 1.66. The summed E-state index contributed by atoms with van der Waals surface area (Å²) in [6.07, 6.45) is 0. The first kappa shape index (κ1) is 16.2. The highest BCUT2D eigenvalue weighted by molar-refractivity contribution is 9.10. The fourth-order valence-corrected chi connectivity index (χ4v) is 3.36. The lowest BCUT2D eigenvalue weighted by atomic mass is 10.0. The molecule has 18 heavy (non-hydrogen) atoms. The van der Waals surface area contributed by atoms with E-state index in [0.717, 1.165) is 15.1 Å². The minimum Gasteiger partial charge on any atom is -0.465 e. The van der Waals surface area contributed by atoms with Gasteiger partial charge in [-0.2, -0.15) is 0 Å². The molecule has 0 aliphatic rings. The average molecular weight is 354 g/mol. The summed E-state index contributed by atoms with van der Waals surface area (Å²) >= 11 is 11.5. The molecule has 0 heterocycles. The highest BCUT2D eigenvalue weighted by atomic mass is 79.9. The van der Waals surface area contributed by atoms with Crippen LogP contribution in [0.2, 0.25) is 5.02 Å². The first-order chi connectivity index (χ1) is 8.33. The van der Waals surface area contributed by atoms with Crippen LogP contribution in [0, 0.1) is 5.41 Å². The summed E-state index contributed by atoms with van der Waals surface area (Å²) in [4.78, 5) is 1.13. The van der Waals surface area contributed by atoms with Crippen molar-refractivity contribution in [2.75, 3.05) is 19.7 Å². The monoisotopic (exact) mass is 352 g/mol. The number of methoxy groups -OCH3 is 1. The second-order valence-electron chi connectivity index (χ2n) is 5.12. The standard InChI is InChI=1S/C13H18BrClO2S/c1-13(2,3)7-18-9-5-10(14)12(11(15)6-9)17-8-16-4/h5-6H,7-8H2,1-4H3. The molecule has 0 atom stereocenters. The highest BCUT2D eigenvalue weighted by Crippen LogP contribution is 2.38. The Morgan fingerprint density at radius 2 is 2.00 bits per heavy atom. The Bertz CT molecular complexity index is 381. The molecular formula is C13H18BrClO2S. The van der Waals surface area contributed by atoms with E-state index < -0.39 is 0 Å². The van der Waals surface area contributed by atoms with Gasteiger partial charge in [0.1, 0.15) is 0 Å². The number of ether oxygens (including phenoxy) is 2. The van der Waals surface area contributed by atoms with Crippen molar-refractivity contribution in [1.29, 1.82) is 0 Å². The van der Waals surface area contributed by atoms with E-state index in [2.05, 4.69) is 36.7 Å². The third kappa shape index (κ3) is 5.39. The normalized spacial score (nSPS) is 11.7. The number of hydrogen-bond acceptors (Lipinski definition) is 3. The van der Waals surface area contributed by atoms with Gasteiger partial charge in [0.15, 0.2) is 12.5 Å². The van der Waals surface area contributed by atoms with E-state index in [4.69, 9.17) is 21.1 Å². The molecule has 0 aromatic heterocycles. The molecule has 0 amide bonds. The Balaban J connectivity index is 2.79. The Morgan fingerprint density at radius 3 is 2.50 bits per heavy atom. The second kappa shape index (κ2) is 7.04. The summed E-state index contributed by atoms with van der Waals surface area (Å²) in [5, 5.41) is 0.595. The molecule has 0 bridgehead atoms. The minimum atomic E-state index is 0.187. The van der Waals surface area contributed by atoms with Crippen LogP contribution in [0.1, 0.15) is 20.8 Å². The van der Waals surface area contributed by atoms with Crippen molar-refractivity contribution in [3.63, 3.8) is 0 Å². The lowest BCUT2D eigenvalue weighted by molar-refractivity contribution is 0.0506. The molecule has 0 fully saturated rings. The Morgan fingerprint density at radius 1 is 1.33 bits per heavy atom. The van der Waals surface area contributed by atoms with E-state index in [1.165, 1.54) is 0 Å². The first-order valence-electron chi connectivity index (χ1n) is 5.57. The summed E-state index contributed by atoms with van der Waals surface area (Å²) in [5.41, 5.74) is 0.287. The largest absolute Gasteiger partial charge is 0.465 e. The molecule has 0 spiro atoms. The Kier molecular flexibility index (Phi) is 6.31. The van der Waals surface area contributed by atoms with E-state index in [1.54, 1.807) is 18.9 Å². The molecular weight excluding hydrogens is 336 g/mol. The quantitative estimate of drug-likeness (QED) is 0.534. The fourth-order valence-electron chi connectivity index (χ4n) is 1.18. The van der Waals surface area contributed by atoms with Crippen LogP contribution >= 0.6 is 39.3 Å². The maximum absolute atomic E-state index is 6.20. The van der Waals surface area contributed by atoms with Crippen LogP contribution in [0.15, 0.2) is 21.5 Å². The van der Waals surface area contributed by atoms with Gasteiger partial charge in [-0.3, -0.25) is 0 Å². The van der Waals surface area contributed by atoms with Gasteiger partial charge < -0.3 is 9.47 Å². The van der Waals surface area contributed by atoms with Gasteiger partial charge in [0, 0.05) is 17.8 Å². The highest BCUT2D eigenvalue weighted by Gasteiger charge is 2.13. The summed E-state index contributed by atoms with van der Waals surface area (Å²) in [7, 11) is 1.58. The molecule has 1 rings (SSSR count). The molecule has 0 saturated carbocycles. The van der Waals surface area contributed by atoms with Crippen LogP contribution in [0.4, 0.5) is 0 Å². The molecule has 0 unspecified atom stereocenters. The van der Waals surface area contributed by atoms with Crippen molar-refractivity contribution in [2.45, 2.75) is 25.7 Å². The molecule has 0 aliphatic heterocycles. The van der Waals surface area contributed by atoms with Crippen molar-refractivity contribution in [3.8, 4) is 5.75 Å². The topological polar surface area (TPSA) is 18.5 Å². The zero-order valence-electron chi connectivity index (χ0n) is 11.0. The predicted octanol–water partition coefficient (Wildman–Crippen LogP) is 5.22. The number of hydrogen-bond donors (Lipinski definition) is 0. The van der Waals surface area contributed by atoms with E-state index >= 15 is 0 Å². The van der Waals surface area contributed by atoms with Crippen molar-refractivity contribution >= 4 is 39.3 Å². The lowest BCUT2D eigenvalue weighted by Gasteiger charge is -2.18. The maximum Gasteiger partial charge on any atom is 0.188 e. The van der Waals surface area contributed by atoms with Crippen LogP contribution < -0.4 is 4.74 Å².